The Labute approximate surface area is 149 Å². The lowest BCUT2D eigenvalue weighted by Gasteiger charge is -2.09. The number of aliphatic hydroxyl groups excluding tert-OH is 1. The van der Waals surface area contributed by atoms with Crippen molar-refractivity contribution in [3.63, 3.8) is 0 Å². The van der Waals surface area contributed by atoms with Crippen LogP contribution < -0.4 is 10.9 Å². The fraction of sp³-hybridized carbons (Fsp3) is 0.158. The van der Waals surface area contributed by atoms with Gasteiger partial charge < -0.3 is 15.1 Å². The molecule has 0 atom stereocenters. The van der Waals surface area contributed by atoms with E-state index in [1.54, 1.807) is 26.0 Å². The van der Waals surface area contributed by atoms with Crippen molar-refractivity contribution in [1.29, 1.82) is 0 Å². The fourth-order valence-electron chi connectivity index (χ4n) is 2.80. The molecular weight excluding hydrogens is 340 g/mol. The zero-order valence-electron chi connectivity index (χ0n) is 13.8. The molecule has 0 radical (unpaired) electrons. The number of hydrogen-bond donors (Lipinski definition) is 3. The van der Waals surface area contributed by atoms with E-state index in [2.05, 4.69) is 9.97 Å². The number of hydrogen-bond acceptors (Lipinski definition) is 3. The quantitative estimate of drug-likeness (QED) is 0.673. The monoisotopic (exact) mass is 356 g/mol. The van der Waals surface area contributed by atoms with Crippen molar-refractivity contribution in [2.75, 3.05) is 0 Å². The van der Waals surface area contributed by atoms with Gasteiger partial charge >= 0.3 is 0 Å². The van der Waals surface area contributed by atoms with E-state index in [0.717, 1.165) is 11.1 Å². The van der Waals surface area contributed by atoms with E-state index in [4.69, 9.17) is 16.7 Å². The number of nitrogens with one attached hydrogen (secondary N) is 2. The lowest BCUT2D eigenvalue weighted by atomic mass is 10.0. The Kier molecular flexibility index (Phi) is 4.61. The van der Waals surface area contributed by atoms with Gasteiger partial charge in [-0.2, -0.15) is 0 Å². The molecule has 1 aromatic carbocycles. The van der Waals surface area contributed by atoms with Crippen LogP contribution in [0.1, 0.15) is 17.0 Å². The Morgan fingerprint density at radius 3 is 2.36 bits per heavy atom. The first-order chi connectivity index (χ1) is 11.9. The summed E-state index contributed by atoms with van der Waals surface area (Å²) in [6, 6.07) is 8.66. The molecule has 2 aromatic heterocycles. The molecule has 3 N–H and O–H groups in total. The molecule has 0 amide bonds. The second kappa shape index (κ2) is 6.70. The topological polar surface area (TPSA) is 85.9 Å². The maximum Gasteiger partial charge on any atom is 0.208 e. The van der Waals surface area contributed by atoms with Crippen LogP contribution in [-0.2, 0) is 6.61 Å². The third-order valence-corrected chi connectivity index (χ3v) is 4.59. The summed E-state index contributed by atoms with van der Waals surface area (Å²) < 4.78 is 0. The average molecular weight is 357 g/mol. The van der Waals surface area contributed by atoms with Crippen molar-refractivity contribution >= 4 is 11.6 Å². The third kappa shape index (κ3) is 3.16. The smallest absolute Gasteiger partial charge is 0.208 e. The first-order valence-corrected chi connectivity index (χ1v) is 8.12. The van der Waals surface area contributed by atoms with Crippen molar-refractivity contribution in [2.45, 2.75) is 20.5 Å². The van der Waals surface area contributed by atoms with Gasteiger partial charge in [0, 0.05) is 29.3 Å². The third-order valence-electron chi connectivity index (χ3n) is 4.14. The summed E-state index contributed by atoms with van der Waals surface area (Å²) in [7, 11) is 0. The Morgan fingerprint density at radius 1 is 1.08 bits per heavy atom. The second-order valence-corrected chi connectivity index (χ2v) is 6.25. The number of aromatic amines is 2. The maximum absolute atomic E-state index is 12.6. The maximum atomic E-state index is 12.6. The Morgan fingerprint density at radius 2 is 1.76 bits per heavy atom. The molecular formula is C19H17ClN2O3. The van der Waals surface area contributed by atoms with Gasteiger partial charge in [0.05, 0.1) is 17.7 Å². The summed E-state index contributed by atoms with van der Waals surface area (Å²) in [5, 5.41) is 9.19. The van der Waals surface area contributed by atoms with Gasteiger partial charge in [-0.05, 0) is 25.0 Å². The molecule has 0 saturated heterocycles. The van der Waals surface area contributed by atoms with Crippen LogP contribution in [0.2, 0.25) is 5.02 Å². The number of aromatic nitrogens is 2. The summed E-state index contributed by atoms with van der Waals surface area (Å²) >= 11 is 6.04. The fourth-order valence-corrected chi connectivity index (χ4v) is 2.94. The van der Waals surface area contributed by atoms with Gasteiger partial charge in [-0.25, -0.2) is 0 Å². The molecule has 2 heterocycles. The summed E-state index contributed by atoms with van der Waals surface area (Å²) in [4.78, 5) is 31.1. The largest absolute Gasteiger partial charge is 0.392 e. The summed E-state index contributed by atoms with van der Waals surface area (Å²) in [6.45, 7) is 3.41. The number of rotatable bonds is 3. The highest BCUT2D eigenvalue weighted by Gasteiger charge is 2.16. The number of aliphatic hydroxyl groups is 1. The molecule has 0 fully saturated rings. The minimum absolute atomic E-state index is 0.0357. The minimum Gasteiger partial charge on any atom is -0.392 e. The minimum atomic E-state index is -0.360. The molecule has 6 heteroatoms. The average Bonchev–Trinajstić information content (AvgIpc) is 2.61. The van der Waals surface area contributed by atoms with Crippen LogP contribution in [0.15, 0.2) is 46.1 Å². The highest BCUT2D eigenvalue weighted by atomic mass is 35.5. The molecule has 0 unspecified atom stereocenters. The number of pyridine rings is 2. The van der Waals surface area contributed by atoms with Gasteiger partial charge in [0.25, 0.3) is 0 Å². The lowest BCUT2D eigenvalue weighted by Crippen LogP contribution is -2.16. The lowest BCUT2D eigenvalue weighted by molar-refractivity contribution is 0.282. The predicted molar refractivity (Wildman–Crippen MR) is 99.0 cm³/mol. The Balaban J connectivity index is 2.11. The summed E-state index contributed by atoms with van der Waals surface area (Å²) in [5.74, 6) is 0. The normalized spacial score (nSPS) is 10.9. The van der Waals surface area contributed by atoms with Crippen LogP contribution >= 0.6 is 11.6 Å². The Hall–Kier alpha value is -2.63. The zero-order valence-corrected chi connectivity index (χ0v) is 14.6. The van der Waals surface area contributed by atoms with E-state index in [0.29, 0.717) is 17.1 Å². The Bertz CT molecular complexity index is 1050. The molecule has 0 aliphatic carbocycles. The molecule has 0 spiro atoms. The standard InChI is InChI=1S/C19H17ClN2O3/c1-10-17(19(25)18(20)11(2)22-10)14-8-21-15(7-16(14)24)13-5-3-12(9-23)4-6-13/h3-8,23H,9H2,1-2H3,(H,21,24)(H,22,25). The number of H-pyrrole nitrogens is 2. The molecule has 5 nitrogen and oxygen atoms in total. The first-order valence-electron chi connectivity index (χ1n) is 7.74. The van der Waals surface area contributed by atoms with E-state index in [1.807, 2.05) is 12.1 Å². The van der Waals surface area contributed by atoms with E-state index in [-0.39, 0.29) is 33.6 Å². The summed E-state index contributed by atoms with van der Waals surface area (Å²) in [6.07, 6.45) is 1.53. The van der Waals surface area contributed by atoms with Gasteiger partial charge in [-0.3, -0.25) is 9.59 Å². The van der Waals surface area contributed by atoms with Crippen molar-refractivity contribution < 1.29 is 5.11 Å². The van der Waals surface area contributed by atoms with E-state index < -0.39 is 0 Å². The van der Waals surface area contributed by atoms with Crippen molar-refractivity contribution in [1.82, 2.24) is 9.97 Å². The van der Waals surface area contributed by atoms with Gasteiger partial charge in [0.15, 0.2) is 5.43 Å². The van der Waals surface area contributed by atoms with E-state index >= 15 is 0 Å². The van der Waals surface area contributed by atoms with Crippen molar-refractivity contribution in [2.24, 2.45) is 0 Å². The molecule has 3 rings (SSSR count). The van der Waals surface area contributed by atoms with Gasteiger partial charge in [-0.15, -0.1) is 0 Å². The molecule has 0 aliphatic rings. The van der Waals surface area contributed by atoms with Crippen LogP contribution in [0, 0.1) is 13.8 Å². The second-order valence-electron chi connectivity index (χ2n) is 5.87. The molecule has 3 aromatic rings. The van der Waals surface area contributed by atoms with Crippen LogP contribution in [0.3, 0.4) is 0 Å². The van der Waals surface area contributed by atoms with Crippen LogP contribution in [0.25, 0.3) is 22.4 Å². The van der Waals surface area contributed by atoms with Gasteiger partial charge in [0.2, 0.25) is 5.43 Å². The zero-order chi connectivity index (χ0) is 18.1. The summed E-state index contributed by atoms with van der Waals surface area (Å²) in [5.41, 5.74) is 3.32. The van der Waals surface area contributed by atoms with Gasteiger partial charge in [-0.1, -0.05) is 35.9 Å². The van der Waals surface area contributed by atoms with Crippen LogP contribution in [-0.4, -0.2) is 15.1 Å². The number of aryl methyl sites for hydroxylation is 2. The van der Waals surface area contributed by atoms with Gasteiger partial charge in [0.1, 0.15) is 5.02 Å². The van der Waals surface area contributed by atoms with Crippen molar-refractivity contribution in [3.8, 4) is 22.4 Å². The SMILES string of the molecule is Cc1[nH]c(C)c(-c2c[nH]c(-c3ccc(CO)cc3)cc2=O)c(=O)c1Cl. The first kappa shape index (κ1) is 17.2. The van der Waals surface area contributed by atoms with E-state index in [1.165, 1.54) is 12.3 Å². The molecule has 0 aliphatic heterocycles. The molecule has 25 heavy (non-hydrogen) atoms. The van der Waals surface area contributed by atoms with E-state index in [9.17, 15) is 9.59 Å². The van der Waals surface area contributed by atoms with Crippen LogP contribution in [0.4, 0.5) is 0 Å². The highest BCUT2D eigenvalue weighted by Crippen LogP contribution is 2.21. The molecule has 0 saturated carbocycles. The van der Waals surface area contributed by atoms with Crippen molar-refractivity contribution in [3.05, 3.63) is 78.9 Å². The molecule has 0 bridgehead atoms. The highest BCUT2D eigenvalue weighted by molar-refractivity contribution is 6.31. The number of halogens is 1. The number of benzene rings is 1. The predicted octanol–water partition coefficient (Wildman–Crippen LogP) is 3.16. The molecule has 128 valence electrons. The van der Waals surface area contributed by atoms with Crippen LogP contribution in [0.5, 0.6) is 0 Å².